The zero-order valence-electron chi connectivity index (χ0n) is 12.2. The lowest BCUT2D eigenvalue weighted by atomic mass is 9.75. The van der Waals surface area contributed by atoms with Crippen molar-refractivity contribution in [1.82, 2.24) is 4.90 Å². The number of likely N-dealkylation sites (tertiary alicyclic amines) is 1. The molecule has 2 unspecified atom stereocenters. The summed E-state index contributed by atoms with van der Waals surface area (Å²) < 4.78 is 5.56. The molecule has 1 aromatic carbocycles. The molecule has 1 saturated heterocycles. The molecular formula is C16H22N2O2. The predicted molar refractivity (Wildman–Crippen MR) is 78.6 cm³/mol. The number of piperidine rings is 1. The van der Waals surface area contributed by atoms with E-state index in [1.165, 1.54) is 0 Å². The van der Waals surface area contributed by atoms with Gasteiger partial charge in [-0.15, -0.1) is 0 Å². The van der Waals surface area contributed by atoms with Crippen LogP contribution in [0.4, 0.5) is 5.69 Å². The van der Waals surface area contributed by atoms with Crippen molar-refractivity contribution in [2.24, 2.45) is 0 Å². The lowest BCUT2D eigenvalue weighted by Gasteiger charge is -2.42. The molecule has 4 heteroatoms. The summed E-state index contributed by atoms with van der Waals surface area (Å²) >= 11 is 0. The van der Waals surface area contributed by atoms with Crippen LogP contribution >= 0.6 is 0 Å². The van der Waals surface area contributed by atoms with E-state index in [2.05, 4.69) is 23.2 Å². The van der Waals surface area contributed by atoms with Crippen molar-refractivity contribution >= 4 is 11.6 Å². The number of fused-ring (bicyclic) bond motifs is 2. The maximum atomic E-state index is 12.6. The molecule has 2 aliphatic heterocycles. The highest BCUT2D eigenvalue weighted by Gasteiger charge is 2.49. The van der Waals surface area contributed by atoms with E-state index in [-0.39, 0.29) is 17.6 Å². The maximum Gasteiger partial charge on any atom is 0.236 e. The minimum absolute atomic E-state index is 0.104. The Morgan fingerprint density at radius 2 is 2.25 bits per heavy atom. The largest absolute Gasteiger partial charge is 0.366 e. The zero-order chi connectivity index (χ0) is 14.2. The minimum Gasteiger partial charge on any atom is -0.366 e. The van der Waals surface area contributed by atoms with Gasteiger partial charge in [-0.05, 0) is 30.9 Å². The number of nitrogens with zero attached hydrogens (tertiary/aromatic N) is 1. The third-order valence-corrected chi connectivity index (χ3v) is 4.68. The van der Waals surface area contributed by atoms with Gasteiger partial charge in [0.15, 0.2) is 0 Å². The van der Waals surface area contributed by atoms with Gasteiger partial charge in [0, 0.05) is 25.9 Å². The molecular weight excluding hydrogens is 252 g/mol. The van der Waals surface area contributed by atoms with E-state index < -0.39 is 0 Å². The summed E-state index contributed by atoms with van der Waals surface area (Å²) in [6.45, 7) is 3.88. The summed E-state index contributed by atoms with van der Waals surface area (Å²) in [7, 11) is 1.75. The number of carbonyl (C=O) groups excluding carboxylic acids is 1. The Kier molecular flexibility index (Phi) is 3.52. The van der Waals surface area contributed by atoms with E-state index in [0.29, 0.717) is 0 Å². The SMILES string of the molecule is CCC(OC)N1CCCC2(C1)C(=O)Nc1ccccc12. The Bertz CT molecular complexity index is 513. The molecule has 1 fully saturated rings. The number of benzene rings is 1. The first kappa shape index (κ1) is 13.6. The normalized spacial score (nSPS) is 27.4. The molecule has 4 nitrogen and oxygen atoms in total. The van der Waals surface area contributed by atoms with Crippen LogP contribution in [-0.4, -0.2) is 37.2 Å². The van der Waals surface area contributed by atoms with Crippen LogP contribution in [0.5, 0.6) is 0 Å². The van der Waals surface area contributed by atoms with Crippen molar-refractivity contribution < 1.29 is 9.53 Å². The summed E-state index contributed by atoms with van der Waals surface area (Å²) in [6, 6.07) is 8.08. The lowest BCUT2D eigenvalue weighted by molar-refractivity contribution is -0.126. The summed E-state index contributed by atoms with van der Waals surface area (Å²) in [4.78, 5) is 14.9. The van der Waals surface area contributed by atoms with E-state index in [9.17, 15) is 4.79 Å². The van der Waals surface area contributed by atoms with Gasteiger partial charge >= 0.3 is 0 Å². The average molecular weight is 274 g/mol. The molecule has 0 saturated carbocycles. The van der Waals surface area contributed by atoms with Gasteiger partial charge in [0.1, 0.15) is 6.23 Å². The quantitative estimate of drug-likeness (QED) is 0.920. The topological polar surface area (TPSA) is 41.6 Å². The second-order valence-electron chi connectivity index (χ2n) is 5.75. The fraction of sp³-hybridized carbons (Fsp3) is 0.562. The Morgan fingerprint density at radius 3 is 3.00 bits per heavy atom. The molecule has 108 valence electrons. The molecule has 1 spiro atoms. The van der Waals surface area contributed by atoms with Crippen LogP contribution < -0.4 is 5.32 Å². The molecule has 2 heterocycles. The molecule has 2 aliphatic rings. The smallest absolute Gasteiger partial charge is 0.236 e. The predicted octanol–water partition coefficient (Wildman–Crippen LogP) is 2.35. The number of para-hydroxylation sites is 1. The highest BCUT2D eigenvalue weighted by molar-refractivity contribution is 6.06. The Morgan fingerprint density at radius 1 is 1.45 bits per heavy atom. The number of ether oxygens (including phenoxy) is 1. The molecule has 20 heavy (non-hydrogen) atoms. The van der Waals surface area contributed by atoms with Crippen molar-refractivity contribution in [2.45, 2.75) is 37.8 Å². The van der Waals surface area contributed by atoms with Gasteiger partial charge in [-0.25, -0.2) is 0 Å². The number of hydrogen-bond donors (Lipinski definition) is 1. The highest BCUT2D eigenvalue weighted by Crippen LogP contribution is 2.44. The van der Waals surface area contributed by atoms with E-state index in [0.717, 1.165) is 43.6 Å². The highest BCUT2D eigenvalue weighted by atomic mass is 16.5. The molecule has 2 atom stereocenters. The summed E-state index contributed by atoms with van der Waals surface area (Å²) in [5, 5.41) is 3.05. The van der Waals surface area contributed by atoms with Gasteiger partial charge in [-0.1, -0.05) is 25.1 Å². The number of anilines is 1. The molecule has 1 aromatic rings. The Balaban J connectivity index is 1.94. The van der Waals surface area contributed by atoms with Gasteiger partial charge in [0.05, 0.1) is 5.41 Å². The molecule has 0 aliphatic carbocycles. The van der Waals surface area contributed by atoms with Gasteiger partial charge in [0.25, 0.3) is 0 Å². The number of methoxy groups -OCH3 is 1. The fourth-order valence-electron chi connectivity index (χ4n) is 3.69. The standard InChI is InChI=1S/C16H22N2O2/c1-3-14(20-2)18-10-6-9-16(11-18)12-7-4-5-8-13(12)17-15(16)19/h4-5,7-8,14H,3,6,9-11H2,1-2H3,(H,17,19). The number of hydrogen-bond acceptors (Lipinski definition) is 3. The van der Waals surface area contributed by atoms with Gasteiger partial charge < -0.3 is 10.1 Å². The Labute approximate surface area is 120 Å². The van der Waals surface area contributed by atoms with Crippen LogP contribution in [0, 0.1) is 0 Å². The average Bonchev–Trinajstić information content (AvgIpc) is 2.74. The fourth-order valence-corrected chi connectivity index (χ4v) is 3.69. The van der Waals surface area contributed by atoms with Crippen molar-refractivity contribution in [3.8, 4) is 0 Å². The third kappa shape index (κ3) is 1.95. The van der Waals surface area contributed by atoms with Crippen LogP contribution in [0.2, 0.25) is 0 Å². The van der Waals surface area contributed by atoms with E-state index in [1.54, 1.807) is 7.11 Å². The van der Waals surface area contributed by atoms with Gasteiger partial charge in [-0.3, -0.25) is 9.69 Å². The first-order chi connectivity index (χ1) is 9.71. The van der Waals surface area contributed by atoms with Crippen LogP contribution in [-0.2, 0) is 14.9 Å². The molecule has 0 bridgehead atoms. The zero-order valence-corrected chi connectivity index (χ0v) is 12.2. The van der Waals surface area contributed by atoms with Crippen molar-refractivity contribution in [1.29, 1.82) is 0 Å². The van der Waals surface area contributed by atoms with Crippen molar-refractivity contribution in [3.63, 3.8) is 0 Å². The summed E-state index contributed by atoms with van der Waals surface area (Å²) in [6.07, 6.45) is 3.00. The summed E-state index contributed by atoms with van der Waals surface area (Å²) in [5.74, 6) is 0.148. The van der Waals surface area contributed by atoms with Crippen molar-refractivity contribution in [2.75, 3.05) is 25.5 Å². The van der Waals surface area contributed by atoms with E-state index >= 15 is 0 Å². The van der Waals surface area contributed by atoms with Crippen molar-refractivity contribution in [3.05, 3.63) is 29.8 Å². The number of nitrogens with one attached hydrogen (secondary N) is 1. The van der Waals surface area contributed by atoms with Crippen LogP contribution in [0.15, 0.2) is 24.3 Å². The van der Waals surface area contributed by atoms with E-state index in [4.69, 9.17) is 4.74 Å². The second-order valence-corrected chi connectivity index (χ2v) is 5.75. The molecule has 3 rings (SSSR count). The molecule has 1 amide bonds. The second kappa shape index (κ2) is 5.19. The number of rotatable bonds is 3. The monoisotopic (exact) mass is 274 g/mol. The summed E-state index contributed by atoms with van der Waals surface area (Å²) in [5.41, 5.74) is 1.74. The minimum atomic E-state index is -0.388. The van der Waals surface area contributed by atoms with E-state index in [1.807, 2.05) is 18.2 Å². The molecule has 0 radical (unpaired) electrons. The maximum absolute atomic E-state index is 12.6. The lowest BCUT2D eigenvalue weighted by Crippen LogP contribution is -2.53. The Hall–Kier alpha value is -1.39. The third-order valence-electron chi connectivity index (χ3n) is 4.68. The van der Waals surface area contributed by atoms with Gasteiger partial charge in [-0.2, -0.15) is 0 Å². The van der Waals surface area contributed by atoms with Gasteiger partial charge in [0.2, 0.25) is 5.91 Å². The molecule has 0 aromatic heterocycles. The van der Waals surface area contributed by atoms with Crippen LogP contribution in [0.25, 0.3) is 0 Å². The first-order valence-corrected chi connectivity index (χ1v) is 7.39. The van der Waals surface area contributed by atoms with Crippen LogP contribution in [0.1, 0.15) is 31.7 Å². The first-order valence-electron chi connectivity index (χ1n) is 7.39. The molecule has 1 N–H and O–H groups in total. The number of amides is 1. The van der Waals surface area contributed by atoms with Crippen LogP contribution in [0.3, 0.4) is 0 Å². The number of carbonyl (C=O) groups is 1.